The highest BCUT2D eigenvalue weighted by atomic mass is 35.5. The molecule has 0 aromatic heterocycles. The summed E-state index contributed by atoms with van der Waals surface area (Å²) >= 11 is 0. The summed E-state index contributed by atoms with van der Waals surface area (Å²) < 4.78 is 17.6. The number of halogens is 2. The maximum absolute atomic E-state index is 12.6. The summed E-state index contributed by atoms with van der Waals surface area (Å²) in [6.45, 7) is 1.39. The fourth-order valence-corrected chi connectivity index (χ4v) is 1.03. The molecule has 0 aromatic rings. The molecule has 1 rings (SSSR count). The largest absolute Gasteiger partial charge is 0.381 e. The minimum absolute atomic E-state index is 0. The molecule has 0 bridgehead atoms. The summed E-state index contributed by atoms with van der Waals surface area (Å²) in [5.74, 6) is 0.0648. The van der Waals surface area contributed by atoms with Gasteiger partial charge in [0.15, 0.2) is 0 Å². The van der Waals surface area contributed by atoms with Gasteiger partial charge < -0.3 is 10.5 Å². The third kappa shape index (κ3) is 2.40. The molecule has 0 aromatic carbocycles. The zero-order valence-electron chi connectivity index (χ0n) is 5.75. The van der Waals surface area contributed by atoms with E-state index in [9.17, 15) is 4.39 Å². The Kier molecular flexibility index (Phi) is 4.95. The van der Waals surface area contributed by atoms with Crippen LogP contribution in [-0.4, -0.2) is 25.9 Å². The van der Waals surface area contributed by atoms with Gasteiger partial charge in [0.2, 0.25) is 0 Å². The van der Waals surface area contributed by atoms with Gasteiger partial charge in [-0.05, 0) is 6.42 Å². The third-order valence-corrected chi connectivity index (χ3v) is 1.70. The smallest absolute Gasteiger partial charge is 0.117 e. The van der Waals surface area contributed by atoms with Gasteiger partial charge in [-0.2, -0.15) is 0 Å². The molecule has 1 fully saturated rings. The standard InChI is InChI=1S/C6H12FNO.ClH/c7-6(3-8)5-1-2-9-4-5;/h5-6H,1-4,8H2;1H. The first-order valence-electron chi connectivity index (χ1n) is 3.26. The number of ether oxygens (including phenoxy) is 1. The zero-order valence-corrected chi connectivity index (χ0v) is 6.57. The van der Waals surface area contributed by atoms with Gasteiger partial charge in [-0.15, -0.1) is 12.4 Å². The second-order valence-corrected chi connectivity index (χ2v) is 2.38. The van der Waals surface area contributed by atoms with E-state index in [0.29, 0.717) is 13.2 Å². The van der Waals surface area contributed by atoms with Crippen molar-refractivity contribution in [2.75, 3.05) is 19.8 Å². The molecule has 4 heteroatoms. The summed E-state index contributed by atoms with van der Waals surface area (Å²) in [4.78, 5) is 0. The minimum atomic E-state index is -0.854. The van der Waals surface area contributed by atoms with Crippen molar-refractivity contribution in [3.05, 3.63) is 0 Å². The Balaban J connectivity index is 0.000000810. The van der Waals surface area contributed by atoms with Crippen LogP contribution in [0.4, 0.5) is 4.39 Å². The SMILES string of the molecule is Cl.NCC(F)C1CCOC1. The molecule has 2 atom stereocenters. The summed E-state index contributed by atoms with van der Waals surface area (Å²) in [5.41, 5.74) is 5.12. The molecule has 2 nitrogen and oxygen atoms in total. The van der Waals surface area contributed by atoms with Crippen LogP contribution in [0.1, 0.15) is 6.42 Å². The maximum Gasteiger partial charge on any atom is 0.117 e. The zero-order chi connectivity index (χ0) is 6.69. The first-order valence-corrected chi connectivity index (χ1v) is 3.26. The number of hydrogen-bond donors (Lipinski definition) is 1. The molecule has 0 radical (unpaired) electrons. The fraction of sp³-hybridized carbons (Fsp3) is 1.00. The van der Waals surface area contributed by atoms with Gasteiger partial charge in [-0.1, -0.05) is 0 Å². The molecule has 62 valence electrons. The Morgan fingerprint density at radius 3 is 2.80 bits per heavy atom. The maximum atomic E-state index is 12.6. The highest BCUT2D eigenvalue weighted by Crippen LogP contribution is 2.17. The molecule has 1 saturated heterocycles. The van der Waals surface area contributed by atoms with Crippen molar-refractivity contribution in [1.82, 2.24) is 0 Å². The molecule has 2 N–H and O–H groups in total. The Labute approximate surface area is 66.3 Å². The predicted octanol–water partition coefficient (Wildman–Crippen LogP) is 0.741. The molecule has 0 saturated carbocycles. The van der Waals surface area contributed by atoms with Crippen molar-refractivity contribution in [3.63, 3.8) is 0 Å². The summed E-state index contributed by atoms with van der Waals surface area (Å²) in [6.07, 6.45) is -0.0225. The summed E-state index contributed by atoms with van der Waals surface area (Å²) in [5, 5.41) is 0. The quantitative estimate of drug-likeness (QED) is 0.662. The number of rotatable bonds is 2. The summed E-state index contributed by atoms with van der Waals surface area (Å²) in [6, 6.07) is 0. The second kappa shape index (κ2) is 4.88. The normalized spacial score (nSPS) is 27.6. The average molecular weight is 170 g/mol. The van der Waals surface area contributed by atoms with Crippen LogP contribution in [0.2, 0.25) is 0 Å². The van der Waals surface area contributed by atoms with E-state index in [1.54, 1.807) is 0 Å². The number of hydrogen-bond acceptors (Lipinski definition) is 2. The lowest BCUT2D eigenvalue weighted by molar-refractivity contribution is 0.157. The third-order valence-electron chi connectivity index (χ3n) is 1.70. The van der Waals surface area contributed by atoms with E-state index in [1.807, 2.05) is 0 Å². The second-order valence-electron chi connectivity index (χ2n) is 2.38. The van der Waals surface area contributed by atoms with Crippen molar-refractivity contribution in [3.8, 4) is 0 Å². The van der Waals surface area contributed by atoms with Crippen molar-refractivity contribution in [1.29, 1.82) is 0 Å². The van der Waals surface area contributed by atoms with Crippen LogP contribution >= 0.6 is 12.4 Å². The molecule has 0 amide bonds. The van der Waals surface area contributed by atoms with Crippen LogP contribution in [0.3, 0.4) is 0 Å². The van der Waals surface area contributed by atoms with Gasteiger partial charge in [0.1, 0.15) is 6.17 Å². The molecule has 1 aliphatic heterocycles. The molecule has 0 spiro atoms. The van der Waals surface area contributed by atoms with E-state index >= 15 is 0 Å². The predicted molar refractivity (Wildman–Crippen MR) is 40.1 cm³/mol. The molecular weight excluding hydrogens is 157 g/mol. The Morgan fingerprint density at radius 2 is 2.40 bits per heavy atom. The molecule has 1 aliphatic rings. The Morgan fingerprint density at radius 1 is 1.70 bits per heavy atom. The van der Waals surface area contributed by atoms with Crippen LogP contribution in [-0.2, 0) is 4.74 Å². The first kappa shape index (κ1) is 10.1. The van der Waals surface area contributed by atoms with E-state index < -0.39 is 6.17 Å². The average Bonchev–Trinajstić information content (AvgIpc) is 2.37. The van der Waals surface area contributed by atoms with Crippen LogP contribution in [0.15, 0.2) is 0 Å². The first-order chi connectivity index (χ1) is 4.34. The topological polar surface area (TPSA) is 35.2 Å². The van der Waals surface area contributed by atoms with Crippen LogP contribution < -0.4 is 5.73 Å². The van der Waals surface area contributed by atoms with E-state index in [0.717, 1.165) is 6.42 Å². The van der Waals surface area contributed by atoms with E-state index in [4.69, 9.17) is 10.5 Å². The number of alkyl halides is 1. The van der Waals surface area contributed by atoms with Gasteiger partial charge >= 0.3 is 0 Å². The van der Waals surface area contributed by atoms with Gasteiger partial charge in [-0.25, -0.2) is 4.39 Å². The lowest BCUT2D eigenvalue weighted by atomic mass is 10.0. The minimum Gasteiger partial charge on any atom is -0.381 e. The summed E-state index contributed by atoms with van der Waals surface area (Å²) in [7, 11) is 0. The Hall–Kier alpha value is 0.140. The van der Waals surface area contributed by atoms with Crippen molar-refractivity contribution >= 4 is 12.4 Å². The van der Waals surface area contributed by atoms with Crippen LogP contribution in [0, 0.1) is 5.92 Å². The van der Waals surface area contributed by atoms with Gasteiger partial charge in [0.25, 0.3) is 0 Å². The molecule has 10 heavy (non-hydrogen) atoms. The van der Waals surface area contributed by atoms with Crippen LogP contribution in [0.5, 0.6) is 0 Å². The van der Waals surface area contributed by atoms with Crippen LogP contribution in [0.25, 0.3) is 0 Å². The molecule has 2 unspecified atom stereocenters. The highest BCUT2D eigenvalue weighted by Gasteiger charge is 2.23. The van der Waals surface area contributed by atoms with Gasteiger partial charge in [-0.3, -0.25) is 0 Å². The van der Waals surface area contributed by atoms with Gasteiger partial charge in [0.05, 0.1) is 6.61 Å². The van der Waals surface area contributed by atoms with Crippen molar-refractivity contribution in [2.45, 2.75) is 12.6 Å². The van der Waals surface area contributed by atoms with Crippen molar-refractivity contribution in [2.24, 2.45) is 11.7 Å². The lowest BCUT2D eigenvalue weighted by Crippen LogP contribution is -2.24. The molecule has 1 heterocycles. The Bertz CT molecular complexity index is 87.8. The molecular formula is C6H13ClFNO. The molecule has 0 aliphatic carbocycles. The highest BCUT2D eigenvalue weighted by molar-refractivity contribution is 5.85. The monoisotopic (exact) mass is 169 g/mol. The van der Waals surface area contributed by atoms with E-state index in [2.05, 4.69) is 0 Å². The van der Waals surface area contributed by atoms with E-state index in [1.165, 1.54) is 0 Å². The van der Waals surface area contributed by atoms with E-state index in [-0.39, 0.29) is 24.9 Å². The lowest BCUT2D eigenvalue weighted by Gasteiger charge is -2.09. The van der Waals surface area contributed by atoms with Gasteiger partial charge in [0, 0.05) is 19.1 Å². The fourth-order valence-electron chi connectivity index (χ4n) is 1.03. The number of nitrogens with two attached hydrogens (primary N) is 1. The van der Waals surface area contributed by atoms with Crippen molar-refractivity contribution < 1.29 is 9.13 Å².